The van der Waals surface area contributed by atoms with Crippen LogP contribution in [-0.2, 0) is 15.9 Å². The molecule has 0 amide bonds. The number of carbonyl (C=O) groups is 1. The number of fused-ring (bicyclic) bond motifs is 1. The molecule has 5 heteroatoms. The molecule has 0 N–H and O–H groups in total. The Labute approximate surface area is 110 Å². The zero-order valence-corrected chi connectivity index (χ0v) is 10.6. The van der Waals surface area contributed by atoms with E-state index >= 15 is 0 Å². The summed E-state index contributed by atoms with van der Waals surface area (Å²) in [6, 6.07) is 5.79. The Morgan fingerprint density at radius 1 is 1.32 bits per heavy atom. The van der Waals surface area contributed by atoms with Crippen LogP contribution in [0.2, 0.25) is 0 Å². The minimum Gasteiger partial charge on any atom is -0.454 e. The maximum atomic E-state index is 11.1. The minimum atomic E-state index is -0.756. The first-order chi connectivity index (χ1) is 9.07. The Bertz CT molecular complexity index is 551. The van der Waals surface area contributed by atoms with E-state index in [1.165, 1.54) is 0 Å². The summed E-state index contributed by atoms with van der Waals surface area (Å²) >= 11 is 0. The molecule has 1 unspecified atom stereocenters. The van der Waals surface area contributed by atoms with Crippen molar-refractivity contribution in [1.82, 2.24) is 0 Å². The lowest BCUT2D eigenvalue weighted by atomic mass is 9.95. The van der Waals surface area contributed by atoms with Crippen LogP contribution in [0.5, 0.6) is 11.5 Å². The molecule has 2 aliphatic heterocycles. The fourth-order valence-electron chi connectivity index (χ4n) is 2.14. The molecule has 0 bridgehead atoms. The molecule has 1 aromatic rings. The summed E-state index contributed by atoms with van der Waals surface area (Å²) < 4.78 is 20.6. The molecule has 1 aromatic carbocycles. The van der Waals surface area contributed by atoms with Gasteiger partial charge in [-0.05, 0) is 37.5 Å². The van der Waals surface area contributed by atoms with Gasteiger partial charge in [0.2, 0.25) is 6.79 Å². The molecule has 0 aliphatic carbocycles. The van der Waals surface area contributed by atoms with Gasteiger partial charge in [0.15, 0.2) is 17.1 Å². The third-order valence-corrected chi connectivity index (χ3v) is 3.43. The van der Waals surface area contributed by atoms with Gasteiger partial charge in [-0.15, -0.1) is 0 Å². The summed E-state index contributed by atoms with van der Waals surface area (Å²) in [5.41, 5.74) is 0.328. The van der Waals surface area contributed by atoms with Crippen LogP contribution in [0.3, 0.4) is 0 Å². The monoisotopic (exact) mass is 262 g/mol. The molecule has 1 atom stereocenters. The van der Waals surface area contributed by atoms with Crippen molar-refractivity contribution in [3.05, 3.63) is 36.1 Å². The molecule has 0 spiro atoms. The van der Waals surface area contributed by atoms with Crippen LogP contribution in [-0.4, -0.2) is 18.5 Å². The van der Waals surface area contributed by atoms with E-state index in [2.05, 4.69) is 6.58 Å². The molecule has 3 rings (SSSR count). The smallest absolute Gasteiger partial charge is 0.454 e. The van der Waals surface area contributed by atoms with Crippen molar-refractivity contribution >= 4 is 6.16 Å². The molecular weight excluding hydrogens is 248 g/mol. The van der Waals surface area contributed by atoms with Gasteiger partial charge in [-0.3, -0.25) is 0 Å². The summed E-state index contributed by atoms with van der Waals surface area (Å²) in [6.07, 6.45) is 0.651. The fourth-order valence-corrected chi connectivity index (χ4v) is 2.14. The Kier molecular flexibility index (Phi) is 2.62. The second-order valence-electron chi connectivity index (χ2n) is 4.80. The van der Waals surface area contributed by atoms with Gasteiger partial charge in [0.1, 0.15) is 5.76 Å². The first-order valence-electron chi connectivity index (χ1n) is 6.05. The van der Waals surface area contributed by atoms with Crippen LogP contribution in [0.4, 0.5) is 4.79 Å². The normalized spacial score (nSPS) is 24.3. The van der Waals surface area contributed by atoms with Crippen LogP contribution in [0.1, 0.15) is 18.9 Å². The molecule has 5 nitrogen and oxygen atoms in total. The summed E-state index contributed by atoms with van der Waals surface area (Å²) in [5, 5.41) is 0. The van der Waals surface area contributed by atoms with Crippen LogP contribution in [0, 0.1) is 0 Å². The molecule has 0 radical (unpaired) electrons. The second-order valence-corrected chi connectivity index (χ2v) is 4.80. The lowest BCUT2D eigenvalue weighted by Gasteiger charge is -2.20. The third-order valence-electron chi connectivity index (χ3n) is 3.43. The summed E-state index contributed by atoms with van der Waals surface area (Å²) in [6.45, 7) is 5.78. The second kappa shape index (κ2) is 4.19. The lowest BCUT2D eigenvalue weighted by molar-refractivity contribution is 0.0717. The van der Waals surface area contributed by atoms with Crippen molar-refractivity contribution < 1.29 is 23.7 Å². The van der Waals surface area contributed by atoms with Gasteiger partial charge < -0.3 is 18.9 Å². The average molecular weight is 262 g/mol. The summed E-state index contributed by atoms with van der Waals surface area (Å²) in [5.74, 6) is 1.87. The maximum absolute atomic E-state index is 11.1. The highest BCUT2D eigenvalue weighted by atomic mass is 16.8. The van der Waals surface area contributed by atoms with Crippen LogP contribution in [0.25, 0.3) is 0 Å². The van der Waals surface area contributed by atoms with Crippen molar-refractivity contribution in [3.63, 3.8) is 0 Å². The number of carbonyl (C=O) groups excluding carboxylic acids is 1. The highest BCUT2D eigenvalue weighted by molar-refractivity contribution is 5.66. The molecule has 2 heterocycles. The van der Waals surface area contributed by atoms with E-state index in [1.807, 2.05) is 18.2 Å². The van der Waals surface area contributed by atoms with Crippen molar-refractivity contribution in [2.24, 2.45) is 0 Å². The van der Waals surface area contributed by atoms with Crippen molar-refractivity contribution in [2.45, 2.75) is 25.4 Å². The highest BCUT2D eigenvalue weighted by Gasteiger charge is 2.41. The van der Waals surface area contributed by atoms with E-state index in [1.54, 1.807) is 6.92 Å². The topological polar surface area (TPSA) is 54.0 Å². The van der Waals surface area contributed by atoms with Crippen molar-refractivity contribution in [1.29, 1.82) is 0 Å². The molecule has 0 saturated carbocycles. The van der Waals surface area contributed by atoms with E-state index in [-0.39, 0.29) is 6.79 Å². The standard InChI is InChI=1S/C14H14O5/c1-9-14(2,19-13(15)18-9)6-5-10-3-4-11-12(7-10)17-8-16-11/h3-4,7H,1,5-6,8H2,2H3. The SMILES string of the molecule is C=C1OC(=O)OC1(C)CCc1ccc2c(c1)OCO2. The third kappa shape index (κ3) is 2.12. The Morgan fingerprint density at radius 3 is 2.84 bits per heavy atom. The zero-order valence-electron chi connectivity index (χ0n) is 10.6. The average Bonchev–Trinajstić information content (AvgIpc) is 2.92. The quantitative estimate of drug-likeness (QED) is 0.784. The first kappa shape index (κ1) is 11.9. The molecular formula is C14H14O5. The number of cyclic esters (lactones) is 2. The van der Waals surface area contributed by atoms with Gasteiger partial charge >= 0.3 is 6.16 Å². The molecule has 0 aromatic heterocycles. The number of aryl methyl sites for hydroxylation is 1. The number of hydrogen-bond donors (Lipinski definition) is 0. The van der Waals surface area contributed by atoms with Gasteiger partial charge in [-0.1, -0.05) is 12.6 Å². The van der Waals surface area contributed by atoms with Crippen molar-refractivity contribution in [3.8, 4) is 11.5 Å². The van der Waals surface area contributed by atoms with E-state index < -0.39 is 11.8 Å². The minimum absolute atomic E-state index is 0.263. The number of benzene rings is 1. The van der Waals surface area contributed by atoms with E-state index in [0.29, 0.717) is 12.2 Å². The predicted octanol–water partition coefficient (Wildman–Crippen LogP) is 2.79. The van der Waals surface area contributed by atoms with Gasteiger partial charge in [0.05, 0.1) is 0 Å². The van der Waals surface area contributed by atoms with Gasteiger partial charge in [0, 0.05) is 0 Å². The summed E-state index contributed by atoms with van der Waals surface area (Å²) in [4.78, 5) is 11.1. The Hall–Kier alpha value is -2.17. The van der Waals surface area contributed by atoms with Crippen LogP contribution < -0.4 is 9.47 Å². The van der Waals surface area contributed by atoms with E-state index in [0.717, 1.165) is 23.5 Å². The fraction of sp³-hybridized carbons (Fsp3) is 0.357. The largest absolute Gasteiger partial charge is 0.514 e. The lowest BCUT2D eigenvalue weighted by Crippen LogP contribution is -2.26. The molecule has 1 fully saturated rings. The Balaban J connectivity index is 1.69. The zero-order chi connectivity index (χ0) is 13.5. The van der Waals surface area contributed by atoms with Crippen LogP contribution >= 0.6 is 0 Å². The first-order valence-corrected chi connectivity index (χ1v) is 6.05. The van der Waals surface area contributed by atoms with E-state index in [4.69, 9.17) is 18.9 Å². The van der Waals surface area contributed by atoms with Crippen LogP contribution in [0.15, 0.2) is 30.5 Å². The number of ether oxygens (including phenoxy) is 4. The maximum Gasteiger partial charge on any atom is 0.514 e. The van der Waals surface area contributed by atoms with E-state index in [9.17, 15) is 4.79 Å². The highest BCUT2D eigenvalue weighted by Crippen LogP contribution is 2.36. The number of rotatable bonds is 3. The Morgan fingerprint density at radius 2 is 2.11 bits per heavy atom. The van der Waals surface area contributed by atoms with Gasteiger partial charge in [-0.2, -0.15) is 0 Å². The molecule has 100 valence electrons. The predicted molar refractivity (Wildman–Crippen MR) is 66.0 cm³/mol. The van der Waals surface area contributed by atoms with Crippen molar-refractivity contribution in [2.75, 3.05) is 6.79 Å². The molecule has 19 heavy (non-hydrogen) atoms. The number of hydrogen-bond acceptors (Lipinski definition) is 5. The van der Waals surface area contributed by atoms with Gasteiger partial charge in [-0.25, -0.2) is 4.79 Å². The molecule has 2 aliphatic rings. The van der Waals surface area contributed by atoms with Gasteiger partial charge in [0.25, 0.3) is 0 Å². The summed E-state index contributed by atoms with van der Waals surface area (Å²) in [7, 11) is 0. The molecule has 1 saturated heterocycles.